The molecule has 0 amide bonds. The van der Waals surface area contributed by atoms with E-state index in [0.717, 1.165) is 18.9 Å². The van der Waals surface area contributed by atoms with Crippen LogP contribution in [0.4, 0.5) is 0 Å². The number of allylic oxidation sites excluding steroid dienone is 1. The highest BCUT2D eigenvalue weighted by molar-refractivity contribution is 7.98. The van der Waals surface area contributed by atoms with Gasteiger partial charge < -0.3 is 5.32 Å². The molecule has 0 aromatic heterocycles. The van der Waals surface area contributed by atoms with E-state index in [0.29, 0.717) is 0 Å². The largest absolute Gasteiger partial charge is 0.388 e. The van der Waals surface area contributed by atoms with Gasteiger partial charge in [0.25, 0.3) is 0 Å². The fourth-order valence-corrected chi connectivity index (χ4v) is 1.35. The molecule has 0 unspecified atom stereocenters. The Morgan fingerprint density at radius 1 is 1.54 bits per heavy atom. The van der Waals surface area contributed by atoms with E-state index in [-0.39, 0.29) is 0 Å². The van der Waals surface area contributed by atoms with Gasteiger partial charge in [0.05, 0.1) is 0 Å². The Labute approximate surface area is 87.4 Å². The van der Waals surface area contributed by atoms with Crippen LogP contribution in [0.1, 0.15) is 33.1 Å². The standard InChI is InChI=1S/C11H23NS/c1-5-10(2)6-7-11(3)12-8-9-13-4/h10,12H,3,5-9H2,1-2,4H3/t10-/m1/s1. The smallest absolute Gasteiger partial charge is 0.0234 e. The van der Waals surface area contributed by atoms with Gasteiger partial charge in [0.15, 0.2) is 0 Å². The van der Waals surface area contributed by atoms with E-state index in [9.17, 15) is 0 Å². The summed E-state index contributed by atoms with van der Waals surface area (Å²) in [4.78, 5) is 0. The third-order valence-corrected chi connectivity index (χ3v) is 2.93. The van der Waals surface area contributed by atoms with Crippen LogP contribution in [-0.2, 0) is 0 Å². The average molecular weight is 201 g/mol. The molecule has 2 heteroatoms. The Morgan fingerprint density at radius 3 is 2.77 bits per heavy atom. The molecule has 78 valence electrons. The Hall–Kier alpha value is -0.110. The summed E-state index contributed by atoms with van der Waals surface area (Å²) in [6.07, 6.45) is 5.80. The van der Waals surface area contributed by atoms with Crippen LogP contribution >= 0.6 is 11.8 Å². The van der Waals surface area contributed by atoms with Crippen molar-refractivity contribution in [1.29, 1.82) is 0 Å². The molecule has 0 heterocycles. The van der Waals surface area contributed by atoms with Crippen LogP contribution in [0.25, 0.3) is 0 Å². The summed E-state index contributed by atoms with van der Waals surface area (Å²) in [5, 5.41) is 3.35. The molecule has 0 aromatic carbocycles. The maximum atomic E-state index is 4.01. The summed E-state index contributed by atoms with van der Waals surface area (Å²) in [5.74, 6) is 2.00. The van der Waals surface area contributed by atoms with Crippen molar-refractivity contribution in [3.8, 4) is 0 Å². The van der Waals surface area contributed by atoms with Crippen molar-refractivity contribution in [2.75, 3.05) is 18.6 Å². The zero-order valence-corrected chi connectivity index (χ0v) is 10.0. The molecule has 0 fully saturated rings. The Bertz CT molecular complexity index is 134. The van der Waals surface area contributed by atoms with Gasteiger partial charge in [-0.3, -0.25) is 0 Å². The number of nitrogens with one attached hydrogen (secondary N) is 1. The summed E-state index contributed by atoms with van der Waals surface area (Å²) >= 11 is 1.87. The highest BCUT2D eigenvalue weighted by Crippen LogP contribution is 2.11. The maximum Gasteiger partial charge on any atom is 0.0234 e. The SMILES string of the molecule is C=C(CC[C@H](C)CC)NCCSC. The first kappa shape index (κ1) is 12.9. The molecule has 0 aromatic rings. The van der Waals surface area contributed by atoms with Crippen LogP contribution in [0.2, 0.25) is 0 Å². The maximum absolute atomic E-state index is 4.01. The van der Waals surface area contributed by atoms with Crippen LogP contribution in [0.5, 0.6) is 0 Å². The lowest BCUT2D eigenvalue weighted by Crippen LogP contribution is -2.16. The molecule has 0 aliphatic carbocycles. The molecule has 0 aliphatic heterocycles. The van der Waals surface area contributed by atoms with Gasteiger partial charge in [-0.05, 0) is 25.0 Å². The van der Waals surface area contributed by atoms with Gasteiger partial charge in [0, 0.05) is 18.0 Å². The predicted octanol–water partition coefficient (Wildman–Crippen LogP) is 3.28. The zero-order chi connectivity index (χ0) is 10.1. The van der Waals surface area contributed by atoms with Crippen LogP contribution in [0, 0.1) is 5.92 Å². The normalized spacial score (nSPS) is 12.5. The van der Waals surface area contributed by atoms with Gasteiger partial charge in [-0.15, -0.1) is 0 Å². The van der Waals surface area contributed by atoms with E-state index in [1.54, 1.807) is 0 Å². The van der Waals surface area contributed by atoms with Gasteiger partial charge in [0.2, 0.25) is 0 Å². The van der Waals surface area contributed by atoms with Crippen molar-refractivity contribution >= 4 is 11.8 Å². The first-order valence-electron chi connectivity index (χ1n) is 5.11. The molecule has 0 rings (SSSR count). The van der Waals surface area contributed by atoms with Gasteiger partial charge in [-0.1, -0.05) is 26.8 Å². The third kappa shape index (κ3) is 8.23. The topological polar surface area (TPSA) is 12.0 Å². The van der Waals surface area contributed by atoms with E-state index in [2.05, 4.69) is 32.0 Å². The molecule has 1 N–H and O–H groups in total. The summed E-state index contributed by atoms with van der Waals surface area (Å²) in [5.41, 5.74) is 1.20. The molecule has 0 bridgehead atoms. The quantitative estimate of drug-likeness (QED) is 0.605. The average Bonchev–Trinajstić information content (AvgIpc) is 2.14. The van der Waals surface area contributed by atoms with Crippen LogP contribution in [0.15, 0.2) is 12.3 Å². The molecule has 0 spiro atoms. The molecular formula is C11H23NS. The summed E-state index contributed by atoms with van der Waals surface area (Å²) < 4.78 is 0. The highest BCUT2D eigenvalue weighted by Gasteiger charge is 1.99. The minimum Gasteiger partial charge on any atom is -0.388 e. The van der Waals surface area contributed by atoms with Gasteiger partial charge in [0.1, 0.15) is 0 Å². The van der Waals surface area contributed by atoms with Crippen LogP contribution in [0.3, 0.4) is 0 Å². The zero-order valence-electron chi connectivity index (χ0n) is 9.23. The molecular weight excluding hydrogens is 178 g/mol. The monoisotopic (exact) mass is 201 g/mol. The van der Waals surface area contributed by atoms with E-state index in [4.69, 9.17) is 0 Å². The minimum absolute atomic E-state index is 0.833. The summed E-state index contributed by atoms with van der Waals surface area (Å²) in [6.45, 7) is 9.61. The second-order valence-electron chi connectivity index (χ2n) is 3.58. The molecule has 1 nitrogen and oxygen atoms in total. The third-order valence-electron chi connectivity index (χ3n) is 2.32. The summed E-state index contributed by atoms with van der Waals surface area (Å²) in [6, 6.07) is 0. The minimum atomic E-state index is 0.833. The predicted molar refractivity (Wildman–Crippen MR) is 64.2 cm³/mol. The van der Waals surface area contributed by atoms with Gasteiger partial charge >= 0.3 is 0 Å². The Balaban J connectivity index is 3.30. The summed E-state index contributed by atoms with van der Waals surface area (Å²) in [7, 11) is 0. The Kier molecular flexibility index (Phi) is 8.41. The van der Waals surface area contributed by atoms with E-state index in [1.807, 2.05) is 11.8 Å². The van der Waals surface area contributed by atoms with E-state index in [1.165, 1.54) is 24.3 Å². The number of hydrogen-bond acceptors (Lipinski definition) is 2. The molecule has 0 saturated heterocycles. The lowest BCUT2D eigenvalue weighted by Gasteiger charge is -2.11. The van der Waals surface area contributed by atoms with Crippen molar-refractivity contribution in [2.24, 2.45) is 5.92 Å². The lowest BCUT2D eigenvalue weighted by atomic mass is 10.0. The van der Waals surface area contributed by atoms with E-state index < -0.39 is 0 Å². The number of hydrogen-bond donors (Lipinski definition) is 1. The van der Waals surface area contributed by atoms with Crippen molar-refractivity contribution in [1.82, 2.24) is 5.32 Å². The van der Waals surface area contributed by atoms with Gasteiger partial charge in [-0.25, -0.2) is 0 Å². The second-order valence-corrected chi connectivity index (χ2v) is 4.56. The van der Waals surface area contributed by atoms with Crippen LogP contribution < -0.4 is 5.32 Å². The fraction of sp³-hybridized carbons (Fsp3) is 0.818. The van der Waals surface area contributed by atoms with Crippen LogP contribution in [-0.4, -0.2) is 18.6 Å². The fourth-order valence-electron chi connectivity index (χ4n) is 1.04. The van der Waals surface area contributed by atoms with Crippen molar-refractivity contribution in [2.45, 2.75) is 33.1 Å². The van der Waals surface area contributed by atoms with Crippen molar-refractivity contribution in [3.05, 3.63) is 12.3 Å². The first-order valence-corrected chi connectivity index (χ1v) is 6.50. The molecule has 0 saturated carbocycles. The van der Waals surface area contributed by atoms with Crippen molar-refractivity contribution in [3.63, 3.8) is 0 Å². The lowest BCUT2D eigenvalue weighted by molar-refractivity contribution is 0.507. The molecule has 13 heavy (non-hydrogen) atoms. The number of rotatable bonds is 8. The molecule has 0 aliphatic rings. The molecule has 0 radical (unpaired) electrons. The molecule has 1 atom stereocenters. The van der Waals surface area contributed by atoms with Crippen molar-refractivity contribution < 1.29 is 0 Å². The second kappa shape index (κ2) is 8.49. The number of thioether (sulfide) groups is 1. The highest BCUT2D eigenvalue weighted by atomic mass is 32.2. The van der Waals surface area contributed by atoms with E-state index >= 15 is 0 Å². The Morgan fingerprint density at radius 2 is 2.23 bits per heavy atom. The first-order chi connectivity index (χ1) is 6.20. The van der Waals surface area contributed by atoms with Gasteiger partial charge in [-0.2, -0.15) is 11.8 Å².